The summed E-state index contributed by atoms with van der Waals surface area (Å²) in [5.74, 6) is -0.298. The Kier molecular flexibility index (Phi) is 4.24. The third-order valence-corrected chi connectivity index (χ3v) is 4.82. The molecule has 4 N–H and O–H groups in total. The highest BCUT2D eigenvalue weighted by molar-refractivity contribution is 9.10. The van der Waals surface area contributed by atoms with Gasteiger partial charge in [0.25, 0.3) is 10.0 Å². The van der Waals surface area contributed by atoms with Crippen LogP contribution in [0.5, 0.6) is 0 Å². The second-order valence-corrected chi connectivity index (χ2v) is 7.28. The molecule has 0 aliphatic rings. The third-order valence-electron chi connectivity index (χ3n) is 2.80. The maximum Gasteiger partial charge on any atom is 0.265 e. The third kappa shape index (κ3) is 3.35. The van der Waals surface area contributed by atoms with Gasteiger partial charge < -0.3 is 5.73 Å². The second kappa shape index (κ2) is 5.64. The molecule has 6 nitrogen and oxygen atoms in total. The van der Waals surface area contributed by atoms with E-state index in [9.17, 15) is 12.8 Å². The van der Waals surface area contributed by atoms with E-state index in [0.29, 0.717) is 0 Å². The van der Waals surface area contributed by atoms with Crippen molar-refractivity contribution in [2.75, 3.05) is 10.5 Å². The summed E-state index contributed by atoms with van der Waals surface area (Å²) < 4.78 is 40.2. The van der Waals surface area contributed by atoms with Gasteiger partial charge >= 0.3 is 0 Å². The summed E-state index contributed by atoms with van der Waals surface area (Å²) in [5, 5.41) is 6.61. The Labute approximate surface area is 130 Å². The first-order valence-corrected chi connectivity index (χ1v) is 8.31. The molecule has 1 heterocycles. The van der Waals surface area contributed by atoms with Gasteiger partial charge in [-0.3, -0.25) is 9.82 Å². The number of hydrogen-bond acceptors (Lipinski definition) is 4. The van der Waals surface area contributed by atoms with E-state index in [-0.39, 0.29) is 26.8 Å². The van der Waals surface area contributed by atoms with Gasteiger partial charge in [-0.1, -0.05) is 13.8 Å². The molecule has 21 heavy (non-hydrogen) atoms. The minimum atomic E-state index is -3.95. The Morgan fingerprint density at radius 1 is 1.38 bits per heavy atom. The number of nitrogens with one attached hydrogen (secondary N) is 2. The number of halogens is 2. The number of aromatic amines is 1. The summed E-state index contributed by atoms with van der Waals surface area (Å²) in [6, 6.07) is 3.66. The SMILES string of the molecule is CC(C)c1cc(NS(=O)(=O)c2cc(Br)c(F)cc2N)n[nH]1. The Morgan fingerprint density at radius 3 is 2.62 bits per heavy atom. The standard InChI is InChI=1S/C12H14BrFN4O2S/c1-6(2)10-5-12(17-16-10)18-21(19,20)11-3-7(13)8(14)4-9(11)15/h3-6H,15H2,1-2H3,(H2,16,17,18). The van der Waals surface area contributed by atoms with Crippen molar-refractivity contribution in [1.82, 2.24) is 10.2 Å². The molecule has 114 valence electrons. The zero-order valence-corrected chi connectivity index (χ0v) is 13.7. The number of H-pyrrole nitrogens is 1. The van der Waals surface area contributed by atoms with Gasteiger partial charge in [0.2, 0.25) is 0 Å². The van der Waals surface area contributed by atoms with Crippen LogP contribution in [0.3, 0.4) is 0 Å². The topological polar surface area (TPSA) is 101 Å². The number of hydrogen-bond donors (Lipinski definition) is 3. The van der Waals surface area contributed by atoms with Crippen molar-refractivity contribution < 1.29 is 12.8 Å². The number of benzene rings is 1. The zero-order valence-electron chi connectivity index (χ0n) is 11.3. The fourth-order valence-corrected chi connectivity index (χ4v) is 3.28. The van der Waals surface area contributed by atoms with Crippen LogP contribution in [0.15, 0.2) is 27.6 Å². The molecule has 0 spiro atoms. The minimum Gasteiger partial charge on any atom is -0.398 e. The molecule has 0 aliphatic carbocycles. The van der Waals surface area contributed by atoms with Crippen molar-refractivity contribution in [2.24, 2.45) is 0 Å². The predicted octanol–water partition coefficient (Wildman–Crippen LogP) is 2.82. The normalized spacial score (nSPS) is 11.9. The van der Waals surface area contributed by atoms with Gasteiger partial charge in [0.1, 0.15) is 10.7 Å². The van der Waals surface area contributed by atoms with Gasteiger partial charge in [-0.15, -0.1) is 0 Å². The van der Waals surface area contributed by atoms with Crippen molar-refractivity contribution in [1.29, 1.82) is 0 Å². The molecule has 0 fully saturated rings. The van der Waals surface area contributed by atoms with Crippen LogP contribution in [0.4, 0.5) is 15.9 Å². The summed E-state index contributed by atoms with van der Waals surface area (Å²) >= 11 is 2.94. The summed E-state index contributed by atoms with van der Waals surface area (Å²) in [5.41, 5.74) is 6.19. The van der Waals surface area contributed by atoms with Crippen LogP contribution >= 0.6 is 15.9 Å². The fraction of sp³-hybridized carbons (Fsp3) is 0.250. The van der Waals surface area contributed by atoms with Gasteiger partial charge in [0.05, 0.1) is 10.2 Å². The first-order valence-electron chi connectivity index (χ1n) is 6.03. The highest BCUT2D eigenvalue weighted by Crippen LogP contribution is 2.27. The quantitative estimate of drug-likeness (QED) is 0.714. The van der Waals surface area contributed by atoms with E-state index < -0.39 is 15.8 Å². The average molecular weight is 377 g/mol. The minimum absolute atomic E-state index is 0.0157. The van der Waals surface area contributed by atoms with Crippen molar-refractivity contribution in [3.05, 3.63) is 34.2 Å². The lowest BCUT2D eigenvalue weighted by Crippen LogP contribution is -2.15. The molecule has 0 radical (unpaired) electrons. The van der Waals surface area contributed by atoms with Crippen molar-refractivity contribution in [2.45, 2.75) is 24.7 Å². The average Bonchev–Trinajstić information content (AvgIpc) is 2.81. The number of nitrogens with zero attached hydrogens (tertiary/aromatic N) is 1. The van der Waals surface area contributed by atoms with Gasteiger partial charge in [0.15, 0.2) is 5.82 Å². The van der Waals surface area contributed by atoms with Crippen LogP contribution in [-0.2, 0) is 10.0 Å². The van der Waals surface area contributed by atoms with E-state index in [2.05, 4.69) is 30.8 Å². The molecule has 2 aromatic rings. The van der Waals surface area contributed by atoms with E-state index >= 15 is 0 Å². The Balaban J connectivity index is 2.36. The van der Waals surface area contributed by atoms with E-state index in [1.165, 1.54) is 0 Å². The number of anilines is 2. The van der Waals surface area contributed by atoms with Crippen LogP contribution in [0.1, 0.15) is 25.5 Å². The summed E-state index contributed by atoms with van der Waals surface area (Å²) in [4.78, 5) is -0.218. The number of rotatable bonds is 4. The predicted molar refractivity (Wildman–Crippen MR) is 82.0 cm³/mol. The number of aromatic nitrogens is 2. The first-order chi connectivity index (χ1) is 9.70. The van der Waals surface area contributed by atoms with Crippen LogP contribution in [-0.4, -0.2) is 18.6 Å². The number of nitrogen functional groups attached to an aromatic ring is 1. The van der Waals surface area contributed by atoms with Crippen LogP contribution in [0.25, 0.3) is 0 Å². The van der Waals surface area contributed by atoms with E-state index in [1.54, 1.807) is 6.07 Å². The lowest BCUT2D eigenvalue weighted by molar-refractivity contribution is 0.599. The molecule has 0 saturated carbocycles. The molecular weight excluding hydrogens is 363 g/mol. The molecular formula is C12H14BrFN4O2S. The molecule has 0 amide bonds. The lowest BCUT2D eigenvalue weighted by atomic mass is 10.1. The van der Waals surface area contributed by atoms with Gasteiger partial charge in [-0.05, 0) is 34.0 Å². The van der Waals surface area contributed by atoms with E-state index in [0.717, 1.165) is 17.8 Å². The summed E-state index contributed by atoms with van der Waals surface area (Å²) in [6.45, 7) is 3.89. The van der Waals surface area contributed by atoms with Crippen LogP contribution < -0.4 is 10.5 Å². The van der Waals surface area contributed by atoms with E-state index in [4.69, 9.17) is 5.73 Å². The highest BCUT2D eigenvalue weighted by atomic mass is 79.9. The maximum atomic E-state index is 13.3. The van der Waals surface area contributed by atoms with Crippen molar-refractivity contribution >= 4 is 37.5 Å². The maximum absolute atomic E-state index is 13.3. The molecule has 0 saturated heterocycles. The molecule has 0 aliphatic heterocycles. The largest absolute Gasteiger partial charge is 0.398 e. The molecule has 2 rings (SSSR count). The highest BCUT2D eigenvalue weighted by Gasteiger charge is 2.21. The van der Waals surface area contributed by atoms with Gasteiger partial charge in [-0.2, -0.15) is 5.10 Å². The summed E-state index contributed by atoms with van der Waals surface area (Å²) in [7, 11) is -3.95. The molecule has 0 unspecified atom stereocenters. The second-order valence-electron chi connectivity index (χ2n) is 4.77. The lowest BCUT2D eigenvalue weighted by Gasteiger charge is -2.09. The summed E-state index contributed by atoms with van der Waals surface area (Å²) in [6.07, 6.45) is 0. The number of sulfonamides is 1. The van der Waals surface area contributed by atoms with Gasteiger partial charge in [0, 0.05) is 11.8 Å². The Bertz CT molecular complexity index is 774. The molecule has 1 aromatic heterocycles. The monoisotopic (exact) mass is 376 g/mol. The molecule has 0 atom stereocenters. The van der Waals surface area contributed by atoms with Crippen LogP contribution in [0, 0.1) is 5.82 Å². The van der Waals surface area contributed by atoms with Crippen molar-refractivity contribution in [3.63, 3.8) is 0 Å². The van der Waals surface area contributed by atoms with E-state index in [1.807, 2.05) is 13.8 Å². The van der Waals surface area contributed by atoms with Crippen molar-refractivity contribution in [3.8, 4) is 0 Å². The van der Waals surface area contributed by atoms with Gasteiger partial charge in [-0.25, -0.2) is 12.8 Å². The molecule has 0 bridgehead atoms. The first kappa shape index (κ1) is 15.8. The Hall–Kier alpha value is -1.61. The smallest absolute Gasteiger partial charge is 0.265 e. The zero-order chi connectivity index (χ0) is 15.8. The van der Waals surface area contributed by atoms with Crippen LogP contribution in [0.2, 0.25) is 0 Å². The fourth-order valence-electron chi connectivity index (χ4n) is 1.65. The molecule has 1 aromatic carbocycles. The Morgan fingerprint density at radius 2 is 2.05 bits per heavy atom. The molecule has 9 heteroatoms. The number of nitrogens with two attached hydrogens (primary N) is 1.